The van der Waals surface area contributed by atoms with Gasteiger partial charge in [-0.15, -0.1) is 0 Å². The Hall–Kier alpha value is -2.54. The van der Waals surface area contributed by atoms with Crippen LogP contribution in [-0.2, 0) is 20.7 Å². The van der Waals surface area contributed by atoms with Crippen LogP contribution in [0.3, 0.4) is 0 Å². The lowest BCUT2D eigenvalue weighted by Gasteiger charge is -2.34. The van der Waals surface area contributed by atoms with E-state index in [1.807, 2.05) is 18.2 Å². The summed E-state index contributed by atoms with van der Waals surface area (Å²) in [6.45, 7) is 1.55. The maximum atomic E-state index is 13.2. The van der Waals surface area contributed by atoms with Gasteiger partial charge < -0.3 is 24.4 Å². The van der Waals surface area contributed by atoms with Crippen LogP contribution in [0.4, 0.5) is 0 Å². The van der Waals surface area contributed by atoms with Crippen LogP contribution < -0.4 is 14.8 Å². The molecule has 0 saturated carbocycles. The fourth-order valence-corrected chi connectivity index (χ4v) is 3.66. The molecule has 0 spiro atoms. The quantitative estimate of drug-likeness (QED) is 0.803. The molecule has 146 valence electrons. The van der Waals surface area contributed by atoms with Crippen molar-refractivity contribution in [3.8, 4) is 11.5 Å². The van der Waals surface area contributed by atoms with Gasteiger partial charge in [0.05, 0.1) is 21.3 Å². The Labute approximate surface area is 159 Å². The second kappa shape index (κ2) is 8.43. The number of nitrogens with zero attached hydrogens (tertiary/aromatic N) is 1. The largest absolute Gasteiger partial charge is 0.493 e. The van der Waals surface area contributed by atoms with Crippen molar-refractivity contribution in [1.82, 2.24) is 10.2 Å². The highest BCUT2D eigenvalue weighted by Gasteiger charge is 2.34. The molecule has 27 heavy (non-hydrogen) atoms. The molecule has 0 bridgehead atoms. The van der Waals surface area contributed by atoms with Crippen molar-refractivity contribution in [2.75, 3.05) is 41.0 Å². The summed E-state index contributed by atoms with van der Waals surface area (Å²) in [5.41, 5.74) is 2.79. The summed E-state index contributed by atoms with van der Waals surface area (Å²) in [5.74, 6) is 0.828. The SMILES string of the molecule is COC(=O)C1CNCCN1C(=O)C1=Cc2cc(OC)c(OC)cc2CCC1. The van der Waals surface area contributed by atoms with Crippen LogP contribution >= 0.6 is 0 Å². The molecular formula is C20H26N2O5. The van der Waals surface area contributed by atoms with Gasteiger partial charge in [-0.3, -0.25) is 4.79 Å². The average Bonchev–Trinajstić information content (AvgIpc) is 2.93. The maximum Gasteiger partial charge on any atom is 0.329 e. The number of rotatable bonds is 4. The number of benzene rings is 1. The minimum atomic E-state index is -0.592. The zero-order valence-electron chi connectivity index (χ0n) is 16.0. The predicted molar refractivity (Wildman–Crippen MR) is 101 cm³/mol. The molecular weight excluding hydrogens is 348 g/mol. The van der Waals surface area contributed by atoms with Crippen LogP contribution in [-0.4, -0.2) is 63.8 Å². The summed E-state index contributed by atoms with van der Waals surface area (Å²) in [5, 5.41) is 3.15. The third kappa shape index (κ3) is 3.93. The molecule has 1 aliphatic heterocycles. The summed E-state index contributed by atoms with van der Waals surface area (Å²) in [7, 11) is 4.56. The van der Waals surface area contributed by atoms with Crippen molar-refractivity contribution in [1.29, 1.82) is 0 Å². The molecule has 1 N–H and O–H groups in total. The van der Waals surface area contributed by atoms with Crippen molar-refractivity contribution in [3.05, 3.63) is 28.8 Å². The van der Waals surface area contributed by atoms with Gasteiger partial charge in [0.25, 0.3) is 5.91 Å². The number of carbonyl (C=O) groups is 2. The number of hydrogen-bond acceptors (Lipinski definition) is 6. The molecule has 1 aliphatic carbocycles. The molecule has 1 unspecified atom stereocenters. The van der Waals surface area contributed by atoms with Crippen LogP contribution in [0.1, 0.15) is 24.0 Å². The highest BCUT2D eigenvalue weighted by atomic mass is 16.5. The second-order valence-electron chi connectivity index (χ2n) is 6.67. The lowest BCUT2D eigenvalue weighted by Crippen LogP contribution is -2.57. The molecule has 1 fully saturated rings. The molecule has 0 radical (unpaired) electrons. The Balaban J connectivity index is 1.93. The number of fused-ring (bicyclic) bond motifs is 1. The summed E-state index contributed by atoms with van der Waals surface area (Å²) in [6, 6.07) is 3.29. The normalized spacial score (nSPS) is 19.4. The Bertz CT molecular complexity index is 759. The van der Waals surface area contributed by atoms with E-state index in [-0.39, 0.29) is 5.91 Å². The smallest absolute Gasteiger partial charge is 0.329 e. The first-order valence-corrected chi connectivity index (χ1v) is 9.14. The fourth-order valence-electron chi connectivity index (χ4n) is 3.66. The maximum absolute atomic E-state index is 13.2. The standard InChI is InChI=1S/C20H26N2O5/c1-25-17-10-13-5-4-6-14(9-15(13)11-18(17)26-2)19(23)22-8-7-21-12-16(22)20(24)27-3/h9-11,16,21H,4-8,12H2,1-3H3. The monoisotopic (exact) mass is 374 g/mol. The Morgan fingerprint density at radius 1 is 1.11 bits per heavy atom. The average molecular weight is 374 g/mol. The van der Waals surface area contributed by atoms with E-state index in [9.17, 15) is 9.59 Å². The molecule has 7 nitrogen and oxygen atoms in total. The van der Waals surface area contributed by atoms with Gasteiger partial charge in [-0.05, 0) is 48.6 Å². The summed E-state index contributed by atoms with van der Waals surface area (Å²) in [4.78, 5) is 26.9. The molecule has 7 heteroatoms. The molecule has 1 atom stereocenters. The van der Waals surface area contributed by atoms with Gasteiger partial charge in [0.1, 0.15) is 6.04 Å². The Morgan fingerprint density at radius 3 is 2.56 bits per heavy atom. The number of ether oxygens (including phenoxy) is 3. The zero-order valence-corrected chi connectivity index (χ0v) is 16.0. The van der Waals surface area contributed by atoms with Gasteiger partial charge in [-0.2, -0.15) is 0 Å². The first kappa shape index (κ1) is 19.2. The zero-order chi connectivity index (χ0) is 19.4. The van der Waals surface area contributed by atoms with E-state index in [0.717, 1.165) is 24.0 Å². The van der Waals surface area contributed by atoms with Crippen LogP contribution in [0, 0.1) is 0 Å². The van der Waals surface area contributed by atoms with Gasteiger partial charge in [0.2, 0.25) is 0 Å². The van der Waals surface area contributed by atoms with E-state index in [4.69, 9.17) is 14.2 Å². The topological polar surface area (TPSA) is 77.1 Å². The van der Waals surface area contributed by atoms with E-state index in [1.54, 1.807) is 19.1 Å². The summed E-state index contributed by atoms with van der Waals surface area (Å²) < 4.78 is 15.7. The van der Waals surface area contributed by atoms with Gasteiger partial charge in [0.15, 0.2) is 11.5 Å². The van der Waals surface area contributed by atoms with Gasteiger partial charge >= 0.3 is 5.97 Å². The van der Waals surface area contributed by atoms with Gasteiger partial charge in [-0.25, -0.2) is 4.79 Å². The third-order valence-electron chi connectivity index (χ3n) is 5.12. The van der Waals surface area contributed by atoms with E-state index in [1.165, 1.54) is 7.11 Å². The third-order valence-corrected chi connectivity index (χ3v) is 5.12. The number of piperazine rings is 1. The summed E-state index contributed by atoms with van der Waals surface area (Å²) >= 11 is 0. The molecule has 1 heterocycles. The number of hydrogen-bond donors (Lipinski definition) is 1. The van der Waals surface area contributed by atoms with Crippen LogP contribution in [0.25, 0.3) is 6.08 Å². The second-order valence-corrected chi connectivity index (χ2v) is 6.67. The highest BCUT2D eigenvalue weighted by Crippen LogP contribution is 2.34. The Kier molecular flexibility index (Phi) is 6.01. The van der Waals surface area contributed by atoms with Crippen LogP contribution in [0.5, 0.6) is 11.5 Å². The molecule has 1 saturated heterocycles. The molecule has 2 aliphatic rings. The van der Waals surface area contributed by atoms with Crippen molar-refractivity contribution in [3.63, 3.8) is 0 Å². The molecule has 0 aromatic heterocycles. The van der Waals surface area contributed by atoms with Crippen molar-refractivity contribution in [2.45, 2.75) is 25.3 Å². The lowest BCUT2D eigenvalue weighted by atomic mass is 10.0. The first-order chi connectivity index (χ1) is 13.1. The number of carbonyl (C=O) groups excluding carboxylic acids is 2. The summed E-state index contributed by atoms with van der Waals surface area (Å²) in [6.07, 6.45) is 4.29. The van der Waals surface area contributed by atoms with Gasteiger partial charge in [-0.1, -0.05) is 0 Å². The molecule has 1 aromatic carbocycles. The van der Waals surface area contributed by atoms with E-state index in [2.05, 4.69) is 5.32 Å². The van der Waals surface area contributed by atoms with E-state index in [0.29, 0.717) is 43.1 Å². The minimum Gasteiger partial charge on any atom is -0.493 e. The minimum absolute atomic E-state index is 0.102. The molecule has 1 aromatic rings. The molecule has 3 rings (SSSR count). The Morgan fingerprint density at radius 2 is 1.85 bits per heavy atom. The fraction of sp³-hybridized carbons (Fsp3) is 0.500. The number of esters is 1. The predicted octanol–water partition coefficient (Wildman–Crippen LogP) is 1.40. The number of aryl methyl sites for hydroxylation is 1. The van der Waals surface area contributed by atoms with E-state index >= 15 is 0 Å². The van der Waals surface area contributed by atoms with Crippen molar-refractivity contribution >= 4 is 18.0 Å². The number of nitrogens with one attached hydrogen (secondary N) is 1. The van der Waals surface area contributed by atoms with Crippen molar-refractivity contribution in [2.24, 2.45) is 0 Å². The van der Waals surface area contributed by atoms with Crippen LogP contribution in [0.15, 0.2) is 17.7 Å². The highest BCUT2D eigenvalue weighted by molar-refractivity contribution is 6.00. The lowest BCUT2D eigenvalue weighted by molar-refractivity contribution is -0.152. The number of methoxy groups -OCH3 is 3. The van der Waals surface area contributed by atoms with Gasteiger partial charge in [0, 0.05) is 25.2 Å². The first-order valence-electron chi connectivity index (χ1n) is 9.14. The van der Waals surface area contributed by atoms with E-state index < -0.39 is 12.0 Å². The van der Waals surface area contributed by atoms with Crippen molar-refractivity contribution < 1.29 is 23.8 Å². The van der Waals surface area contributed by atoms with Crippen LogP contribution in [0.2, 0.25) is 0 Å². The number of amides is 1. The molecule has 1 amide bonds.